The second-order valence-corrected chi connectivity index (χ2v) is 6.78. The van der Waals surface area contributed by atoms with Crippen LogP contribution in [-0.2, 0) is 4.74 Å². The molecule has 1 heterocycles. The van der Waals surface area contributed by atoms with Crippen LogP contribution in [0.2, 0.25) is 0 Å². The maximum Gasteiger partial charge on any atom is 0.0702 e. The Hall–Kier alpha value is -0.120. The number of nitrogens with two attached hydrogens (primary N) is 1. The molecule has 0 aromatic rings. The summed E-state index contributed by atoms with van der Waals surface area (Å²) in [5, 5.41) is 0. The third-order valence-electron chi connectivity index (χ3n) is 5.28. The average Bonchev–Trinajstić information content (AvgIpc) is 2.74. The summed E-state index contributed by atoms with van der Waals surface area (Å²) < 4.78 is 5.98. The van der Waals surface area contributed by atoms with E-state index in [2.05, 4.69) is 11.8 Å². The molecule has 1 aliphatic heterocycles. The van der Waals surface area contributed by atoms with Gasteiger partial charge in [-0.05, 0) is 45.1 Å². The van der Waals surface area contributed by atoms with Gasteiger partial charge in [0.05, 0.1) is 6.10 Å². The van der Waals surface area contributed by atoms with E-state index in [1.54, 1.807) is 0 Å². The molecular weight excluding hydrogens is 248 g/mol. The Morgan fingerprint density at radius 2 is 1.85 bits per heavy atom. The van der Waals surface area contributed by atoms with Gasteiger partial charge in [-0.3, -0.25) is 4.90 Å². The summed E-state index contributed by atoms with van der Waals surface area (Å²) in [5.74, 6) is 0. The largest absolute Gasteiger partial charge is 0.377 e. The van der Waals surface area contributed by atoms with Crippen LogP contribution >= 0.6 is 0 Å². The molecule has 20 heavy (non-hydrogen) atoms. The number of hydrogen-bond donors (Lipinski definition) is 1. The molecule has 0 spiro atoms. The molecule has 0 bridgehead atoms. The zero-order valence-corrected chi connectivity index (χ0v) is 13.4. The minimum absolute atomic E-state index is 0.257. The lowest BCUT2D eigenvalue weighted by atomic mass is 9.87. The monoisotopic (exact) mass is 282 g/mol. The standard InChI is InChI=1S/C17H34N2O/c1-2-12-19(14-16-9-5-8-13-20-16)17(15-18)10-6-3-4-7-11-17/h16H,2-15,18H2,1H3. The fraction of sp³-hybridized carbons (Fsp3) is 1.00. The smallest absolute Gasteiger partial charge is 0.0702 e. The van der Waals surface area contributed by atoms with Gasteiger partial charge in [-0.1, -0.05) is 32.6 Å². The highest BCUT2D eigenvalue weighted by Gasteiger charge is 2.36. The van der Waals surface area contributed by atoms with E-state index in [-0.39, 0.29) is 5.54 Å². The molecular formula is C17H34N2O. The van der Waals surface area contributed by atoms with Gasteiger partial charge in [0.15, 0.2) is 0 Å². The fourth-order valence-corrected chi connectivity index (χ4v) is 4.03. The van der Waals surface area contributed by atoms with Crippen molar-refractivity contribution in [2.45, 2.75) is 82.8 Å². The first-order chi connectivity index (χ1) is 9.80. The molecule has 3 heteroatoms. The van der Waals surface area contributed by atoms with Crippen molar-refractivity contribution in [2.24, 2.45) is 5.73 Å². The van der Waals surface area contributed by atoms with Crippen LogP contribution < -0.4 is 5.73 Å². The van der Waals surface area contributed by atoms with E-state index in [0.29, 0.717) is 6.10 Å². The Labute approximate surface area is 125 Å². The summed E-state index contributed by atoms with van der Waals surface area (Å²) in [5.41, 5.74) is 6.52. The van der Waals surface area contributed by atoms with Gasteiger partial charge in [-0.15, -0.1) is 0 Å². The third-order valence-corrected chi connectivity index (χ3v) is 5.28. The van der Waals surface area contributed by atoms with Crippen LogP contribution in [0.1, 0.15) is 71.1 Å². The average molecular weight is 282 g/mol. The summed E-state index contributed by atoms with van der Waals surface area (Å²) in [6.07, 6.45) is 13.5. The maximum absolute atomic E-state index is 6.26. The van der Waals surface area contributed by atoms with Crippen LogP contribution in [0.15, 0.2) is 0 Å². The molecule has 2 N–H and O–H groups in total. The fourth-order valence-electron chi connectivity index (χ4n) is 4.03. The Kier molecular flexibility index (Phi) is 6.79. The van der Waals surface area contributed by atoms with E-state index in [0.717, 1.165) is 19.7 Å². The van der Waals surface area contributed by atoms with E-state index >= 15 is 0 Å². The SMILES string of the molecule is CCCN(CC1CCCCO1)C1(CN)CCCCCC1. The van der Waals surface area contributed by atoms with Crippen LogP contribution in [0.25, 0.3) is 0 Å². The summed E-state index contributed by atoms with van der Waals surface area (Å²) in [6.45, 7) is 6.34. The third kappa shape index (κ3) is 4.19. The summed E-state index contributed by atoms with van der Waals surface area (Å²) in [4.78, 5) is 2.70. The van der Waals surface area contributed by atoms with Gasteiger partial charge < -0.3 is 10.5 Å². The van der Waals surface area contributed by atoms with E-state index in [9.17, 15) is 0 Å². The highest BCUT2D eigenvalue weighted by Crippen LogP contribution is 2.33. The quantitative estimate of drug-likeness (QED) is 0.760. The molecule has 0 aromatic carbocycles. The summed E-state index contributed by atoms with van der Waals surface area (Å²) >= 11 is 0. The molecule has 0 aromatic heterocycles. The Balaban J connectivity index is 2.02. The van der Waals surface area contributed by atoms with Crippen molar-refractivity contribution in [3.05, 3.63) is 0 Å². The Bertz CT molecular complexity index is 256. The van der Waals surface area contributed by atoms with Crippen molar-refractivity contribution in [1.82, 2.24) is 4.90 Å². The zero-order chi connectivity index (χ0) is 14.3. The molecule has 3 nitrogen and oxygen atoms in total. The Morgan fingerprint density at radius 3 is 2.40 bits per heavy atom. The van der Waals surface area contributed by atoms with Crippen LogP contribution in [0, 0.1) is 0 Å². The normalized spacial score (nSPS) is 27.4. The molecule has 2 fully saturated rings. The van der Waals surface area contributed by atoms with Gasteiger partial charge >= 0.3 is 0 Å². The minimum atomic E-state index is 0.257. The van der Waals surface area contributed by atoms with Crippen molar-refractivity contribution in [1.29, 1.82) is 0 Å². The van der Waals surface area contributed by atoms with Crippen molar-refractivity contribution >= 4 is 0 Å². The number of hydrogen-bond acceptors (Lipinski definition) is 3. The molecule has 1 saturated carbocycles. The van der Waals surface area contributed by atoms with Crippen LogP contribution in [0.4, 0.5) is 0 Å². The lowest BCUT2D eigenvalue weighted by molar-refractivity contribution is -0.0346. The van der Waals surface area contributed by atoms with E-state index < -0.39 is 0 Å². The summed E-state index contributed by atoms with van der Waals surface area (Å²) in [6, 6.07) is 0. The lowest BCUT2D eigenvalue weighted by Gasteiger charge is -2.45. The van der Waals surface area contributed by atoms with Gasteiger partial charge in [-0.25, -0.2) is 0 Å². The maximum atomic E-state index is 6.26. The minimum Gasteiger partial charge on any atom is -0.377 e. The zero-order valence-electron chi connectivity index (χ0n) is 13.4. The molecule has 1 aliphatic carbocycles. The second-order valence-electron chi connectivity index (χ2n) is 6.78. The van der Waals surface area contributed by atoms with Crippen molar-refractivity contribution in [2.75, 3.05) is 26.2 Å². The topological polar surface area (TPSA) is 38.5 Å². The van der Waals surface area contributed by atoms with Gasteiger partial charge in [-0.2, -0.15) is 0 Å². The van der Waals surface area contributed by atoms with Gasteiger partial charge in [0.2, 0.25) is 0 Å². The highest BCUT2D eigenvalue weighted by atomic mass is 16.5. The molecule has 1 saturated heterocycles. The van der Waals surface area contributed by atoms with Crippen LogP contribution in [0.3, 0.4) is 0 Å². The molecule has 1 atom stereocenters. The summed E-state index contributed by atoms with van der Waals surface area (Å²) in [7, 11) is 0. The van der Waals surface area contributed by atoms with E-state index in [4.69, 9.17) is 10.5 Å². The predicted octanol–water partition coefficient (Wildman–Crippen LogP) is 3.32. The second kappa shape index (κ2) is 8.35. The van der Waals surface area contributed by atoms with Crippen molar-refractivity contribution in [3.63, 3.8) is 0 Å². The first-order valence-electron chi connectivity index (χ1n) is 8.87. The van der Waals surface area contributed by atoms with Crippen LogP contribution in [-0.4, -0.2) is 42.8 Å². The molecule has 1 unspecified atom stereocenters. The Morgan fingerprint density at radius 1 is 1.10 bits per heavy atom. The number of nitrogens with zero attached hydrogens (tertiary/aromatic N) is 1. The first-order valence-corrected chi connectivity index (χ1v) is 8.87. The number of rotatable bonds is 6. The molecule has 2 aliphatic rings. The molecule has 2 rings (SSSR count). The molecule has 0 amide bonds. The van der Waals surface area contributed by atoms with Crippen molar-refractivity contribution < 1.29 is 4.74 Å². The molecule has 0 radical (unpaired) electrons. The highest BCUT2D eigenvalue weighted by molar-refractivity contribution is 4.94. The van der Waals surface area contributed by atoms with Gasteiger partial charge in [0.25, 0.3) is 0 Å². The van der Waals surface area contributed by atoms with Gasteiger partial charge in [0, 0.05) is 25.2 Å². The molecule has 118 valence electrons. The van der Waals surface area contributed by atoms with Crippen LogP contribution in [0.5, 0.6) is 0 Å². The van der Waals surface area contributed by atoms with E-state index in [1.807, 2.05) is 0 Å². The first kappa shape index (κ1) is 16.3. The predicted molar refractivity (Wildman–Crippen MR) is 84.9 cm³/mol. The van der Waals surface area contributed by atoms with Crippen molar-refractivity contribution in [3.8, 4) is 0 Å². The van der Waals surface area contributed by atoms with Gasteiger partial charge in [0.1, 0.15) is 0 Å². The van der Waals surface area contributed by atoms with E-state index in [1.165, 1.54) is 70.8 Å². The lowest BCUT2D eigenvalue weighted by Crippen LogP contribution is -2.56. The number of ether oxygens (including phenoxy) is 1.